The summed E-state index contributed by atoms with van der Waals surface area (Å²) in [4.78, 5) is 9.80. The van der Waals surface area contributed by atoms with E-state index in [1.54, 1.807) is 6.08 Å². The third-order valence-corrected chi connectivity index (χ3v) is 2.14. The highest BCUT2D eigenvalue weighted by atomic mass is 16.6. The molecule has 1 rings (SSSR count). The first kappa shape index (κ1) is 12.0. The SMILES string of the molecule is C=CC[C@@H](N)c1cc(O)c(O)c([N+](=O)[O-])c1. The maximum Gasteiger partial charge on any atom is 0.314 e. The molecule has 6 heteroatoms. The van der Waals surface area contributed by atoms with Crippen molar-refractivity contribution >= 4 is 5.69 Å². The number of phenols is 2. The van der Waals surface area contributed by atoms with Crippen LogP contribution >= 0.6 is 0 Å². The summed E-state index contributed by atoms with van der Waals surface area (Å²) in [7, 11) is 0. The van der Waals surface area contributed by atoms with Gasteiger partial charge >= 0.3 is 5.69 Å². The minimum Gasteiger partial charge on any atom is -0.504 e. The van der Waals surface area contributed by atoms with Crippen LogP contribution in [0.25, 0.3) is 0 Å². The van der Waals surface area contributed by atoms with E-state index in [2.05, 4.69) is 6.58 Å². The van der Waals surface area contributed by atoms with Crippen LogP contribution in [0.5, 0.6) is 11.5 Å². The van der Waals surface area contributed by atoms with Crippen molar-refractivity contribution in [2.24, 2.45) is 5.73 Å². The molecule has 0 amide bonds. The number of rotatable bonds is 4. The van der Waals surface area contributed by atoms with Crippen LogP contribution in [-0.4, -0.2) is 15.1 Å². The zero-order valence-electron chi connectivity index (χ0n) is 8.46. The molecule has 0 unspecified atom stereocenters. The Kier molecular flexibility index (Phi) is 3.47. The molecule has 0 heterocycles. The Labute approximate surface area is 91.8 Å². The third kappa shape index (κ3) is 2.29. The maximum atomic E-state index is 10.6. The molecule has 1 aromatic carbocycles. The molecule has 86 valence electrons. The molecule has 1 atom stereocenters. The number of hydrogen-bond donors (Lipinski definition) is 3. The van der Waals surface area contributed by atoms with Gasteiger partial charge in [-0.1, -0.05) is 6.08 Å². The smallest absolute Gasteiger partial charge is 0.314 e. The van der Waals surface area contributed by atoms with E-state index < -0.39 is 28.2 Å². The molecule has 0 radical (unpaired) electrons. The van der Waals surface area contributed by atoms with E-state index in [-0.39, 0.29) is 0 Å². The number of nitrogens with two attached hydrogens (primary N) is 1. The minimum atomic E-state index is -0.779. The molecule has 6 nitrogen and oxygen atoms in total. The summed E-state index contributed by atoms with van der Waals surface area (Å²) < 4.78 is 0. The van der Waals surface area contributed by atoms with Crippen LogP contribution in [0.2, 0.25) is 0 Å². The number of nitro groups is 1. The van der Waals surface area contributed by atoms with Crippen LogP contribution in [0, 0.1) is 10.1 Å². The van der Waals surface area contributed by atoms with Gasteiger partial charge in [0, 0.05) is 12.1 Å². The van der Waals surface area contributed by atoms with Crippen LogP contribution in [0.1, 0.15) is 18.0 Å². The van der Waals surface area contributed by atoms with Crippen LogP contribution < -0.4 is 5.73 Å². The highest BCUT2D eigenvalue weighted by Gasteiger charge is 2.20. The lowest BCUT2D eigenvalue weighted by atomic mass is 10.0. The van der Waals surface area contributed by atoms with Crippen molar-refractivity contribution in [3.05, 3.63) is 40.5 Å². The quantitative estimate of drug-likeness (QED) is 0.311. The van der Waals surface area contributed by atoms with Crippen LogP contribution in [0.4, 0.5) is 5.69 Å². The normalized spacial score (nSPS) is 12.1. The largest absolute Gasteiger partial charge is 0.504 e. The molecule has 1 aromatic rings. The summed E-state index contributed by atoms with van der Waals surface area (Å²) in [6, 6.07) is 1.85. The van der Waals surface area contributed by atoms with Gasteiger partial charge in [0.2, 0.25) is 5.75 Å². The first-order chi connectivity index (χ1) is 7.47. The highest BCUT2D eigenvalue weighted by Crippen LogP contribution is 2.37. The molecule has 0 aliphatic heterocycles. The second-order valence-electron chi connectivity index (χ2n) is 3.30. The Hall–Kier alpha value is -2.08. The Morgan fingerprint density at radius 1 is 1.56 bits per heavy atom. The van der Waals surface area contributed by atoms with Gasteiger partial charge in [0.1, 0.15) is 0 Å². The van der Waals surface area contributed by atoms with E-state index in [1.165, 1.54) is 6.07 Å². The Bertz CT molecular complexity index is 431. The zero-order valence-corrected chi connectivity index (χ0v) is 8.46. The molecule has 16 heavy (non-hydrogen) atoms. The van der Waals surface area contributed by atoms with Gasteiger partial charge in [-0.25, -0.2) is 0 Å². The average molecular weight is 224 g/mol. The van der Waals surface area contributed by atoms with E-state index in [0.717, 1.165) is 6.07 Å². The summed E-state index contributed by atoms with van der Waals surface area (Å²) in [5.74, 6) is -1.30. The van der Waals surface area contributed by atoms with Crippen LogP contribution in [0.3, 0.4) is 0 Å². The number of nitrogens with zero attached hydrogens (tertiary/aromatic N) is 1. The molecule has 0 aromatic heterocycles. The molecule has 0 saturated heterocycles. The summed E-state index contributed by atoms with van der Waals surface area (Å²) in [6.07, 6.45) is 1.99. The standard InChI is InChI=1S/C10H12N2O4/c1-2-3-7(11)6-4-8(12(15)16)10(14)9(13)5-6/h2,4-5,7,13-14H,1,3,11H2/t7-/m1/s1. The molecule has 0 saturated carbocycles. The van der Waals surface area contributed by atoms with Gasteiger partial charge in [-0.15, -0.1) is 6.58 Å². The van der Waals surface area contributed by atoms with Crippen molar-refractivity contribution in [1.29, 1.82) is 0 Å². The Morgan fingerprint density at radius 2 is 2.19 bits per heavy atom. The average Bonchev–Trinajstić information content (AvgIpc) is 2.21. The van der Waals surface area contributed by atoms with Gasteiger partial charge < -0.3 is 15.9 Å². The molecule has 4 N–H and O–H groups in total. The molecule has 0 spiro atoms. The molecule has 0 fully saturated rings. The van der Waals surface area contributed by atoms with Crippen LogP contribution in [-0.2, 0) is 0 Å². The Balaban J connectivity index is 3.23. The van der Waals surface area contributed by atoms with E-state index in [9.17, 15) is 20.3 Å². The van der Waals surface area contributed by atoms with Crippen molar-refractivity contribution < 1.29 is 15.1 Å². The lowest BCUT2D eigenvalue weighted by Gasteiger charge is -2.10. The van der Waals surface area contributed by atoms with Gasteiger partial charge in [0.05, 0.1) is 4.92 Å². The van der Waals surface area contributed by atoms with Gasteiger partial charge in [0.25, 0.3) is 0 Å². The van der Waals surface area contributed by atoms with Crippen molar-refractivity contribution in [2.45, 2.75) is 12.5 Å². The fourth-order valence-electron chi connectivity index (χ4n) is 1.29. The van der Waals surface area contributed by atoms with Gasteiger partial charge in [-0.2, -0.15) is 0 Å². The van der Waals surface area contributed by atoms with Gasteiger partial charge in [0.15, 0.2) is 5.75 Å². The molecule has 0 aliphatic carbocycles. The predicted octanol–water partition coefficient (Wildman–Crippen LogP) is 1.58. The minimum absolute atomic E-state index is 0.377. The summed E-state index contributed by atoms with van der Waals surface area (Å²) in [5.41, 5.74) is 5.52. The molecule has 0 bridgehead atoms. The fourth-order valence-corrected chi connectivity index (χ4v) is 1.29. The first-order valence-corrected chi connectivity index (χ1v) is 4.54. The summed E-state index contributed by atoms with van der Waals surface area (Å²) >= 11 is 0. The van der Waals surface area contributed by atoms with Crippen LogP contribution in [0.15, 0.2) is 24.8 Å². The highest BCUT2D eigenvalue weighted by molar-refractivity contribution is 5.56. The van der Waals surface area contributed by atoms with E-state index in [0.29, 0.717) is 12.0 Å². The monoisotopic (exact) mass is 224 g/mol. The first-order valence-electron chi connectivity index (χ1n) is 4.54. The summed E-state index contributed by atoms with van der Waals surface area (Å²) in [6.45, 7) is 3.50. The summed E-state index contributed by atoms with van der Waals surface area (Å²) in [5, 5.41) is 29.1. The maximum absolute atomic E-state index is 10.6. The topological polar surface area (TPSA) is 110 Å². The van der Waals surface area contributed by atoms with Crippen molar-refractivity contribution in [3.8, 4) is 11.5 Å². The number of benzene rings is 1. The van der Waals surface area contributed by atoms with E-state index >= 15 is 0 Å². The number of aromatic hydroxyl groups is 2. The lowest BCUT2D eigenvalue weighted by Crippen LogP contribution is -2.09. The zero-order chi connectivity index (χ0) is 12.3. The lowest BCUT2D eigenvalue weighted by molar-refractivity contribution is -0.386. The third-order valence-electron chi connectivity index (χ3n) is 2.14. The molecular formula is C10H12N2O4. The van der Waals surface area contributed by atoms with E-state index in [1.807, 2.05) is 0 Å². The second kappa shape index (κ2) is 4.63. The van der Waals surface area contributed by atoms with Crippen molar-refractivity contribution in [2.75, 3.05) is 0 Å². The predicted molar refractivity (Wildman–Crippen MR) is 58.2 cm³/mol. The van der Waals surface area contributed by atoms with E-state index in [4.69, 9.17) is 5.73 Å². The molecular weight excluding hydrogens is 212 g/mol. The number of hydrogen-bond acceptors (Lipinski definition) is 5. The Morgan fingerprint density at radius 3 is 2.69 bits per heavy atom. The van der Waals surface area contributed by atoms with Gasteiger partial charge in [-0.3, -0.25) is 10.1 Å². The number of nitro benzene ring substituents is 1. The fraction of sp³-hybridized carbons (Fsp3) is 0.200. The molecule has 0 aliphatic rings. The van der Waals surface area contributed by atoms with Gasteiger partial charge in [-0.05, 0) is 18.1 Å². The number of phenolic OH excluding ortho intramolecular Hbond substituents is 2. The van der Waals surface area contributed by atoms with Crippen molar-refractivity contribution in [1.82, 2.24) is 0 Å². The second-order valence-corrected chi connectivity index (χ2v) is 3.30. The van der Waals surface area contributed by atoms with Crippen molar-refractivity contribution in [3.63, 3.8) is 0 Å².